The highest BCUT2D eigenvalue weighted by atomic mass is 32.1. The van der Waals surface area contributed by atoms with Crippen molar-refractivity contribution in [2.45, 2.75) is 0 Å². The fourth-order valence-electron chi connectivity index (χ4n) is 7.54. The SMILES string of the molecule is c1ccc(-c2ccc(N(c3ccc(-c4ccc(-n5c6ccccc6c6ccccc65)cc4)cc3)c3ccc4sc5ccccc5c4c3)cc2)cc1. The normalized spacial score (nSPS) is 11.5. The zero-order valence-corrected chi connectivity index (χ0v) is 28.6. The minimum Gasteiger partial charge on any atom is -0.310 e. The summed E-state index contributed by atoms with van der Waals surface area (Å²) < 4.78 is 4.99. The van der Waals surface area contributed by atoms with Gasteiger partial charge in [-0.3, -0.25) is 0 Å². The Bertz CT molecular complexity index is 2770. The quantitative estimate of drug-likeness (QED) is 0.171. The first-order chi connectivity index (χ1) is 25.3. The molecule has 0 aliphatic carbocycles. The predicted molar refractivity (Wildman–Crippen MR) is 219 cm³/mol. The summed E-state index contributed by atoms with van der Waals surface area (Å²) in [5.41, 5.74) is 11.8. The van der Waals surface area contributed by atoms with Crippen LogP contribution < -0.4 is 4.90 Å². The lowest BCUT2D eigenvalue weighted by Gasteiger charge is -2.26. The molecule has 10 aromatic rings. The number of aromatic nitrogens is 1. The van der Waals surface area contributed by atoms with E-state index in [-0.39, 0.29) is 0 Å². The van der Waals surface area contributed by atoms with E-state index >= 15 is 0 Å². The number of hydrogen-bond acceptors (Lipinski definition) is 2. The van der Waals surface area contributed by atoms with E-state index in [2.05, 4.69) is 204 Å². The summed E-state index contributed by atoms with van der Waals surface area (Å²) >= 11 is 1.85. The molecule has 10 rings (SSSR count). The van der Waals surface area contributed by atoms with Crippen molar-refractivity contribution in [1.29, 1.82) is 0 Å². The van der Waals surface area contributed by atoms with Gasteiger partial charge in [0.1, 0.15) is 0 Å². The molecule has 0 radical (unpaired) electrons. The minimum atomic E-state index is 1.12. The van der Waals surface area contributed by atoms with Gasteiger partial charge in [0.25, 0.3) is 0 Å². The Morgan fingerprint density at radius 3 is 1.39 bits per heavy atom. The van der Waals surface area contributed by atoms with Gasteiger partial charge in [0.05, 0.1) is 11.0 Å². The first kappa shape index (κ1) is 29.5. The molecule has 0 unspecified atom stereocenters. The maximum absolute atomic E-state index is 2.37. The molecule has 240 valence electrons. The molecule has 0 bridgehead atoms. The highest BCUT2D eigenvalue weighted by Gasteiger charge is 2.16. The molecular formula is C48H32N2S. The monoisotopic (exact) mass is 668 g/mol. The molecule has 2 aromatic heterocycles. The third kappa shape index (κ3) is 5.10. The zero-order valence-electron chi connectivity index (χ0n) is 27.8. The van der Waals surface area contributed by atoms with Crippen LogP contribution >= 0.6 is 11.3 Å². The molecule has 51 heavy (non-hydrogen) atoms. The van der Waals surface area contributed by atoms with Crippen LogP contribution in [0.25, 0.3) is 69.9 Å². The molecule has 0 aliphatic heterocycles. The number of thiophene rings is 1. The molecule has 0 atom stereocenters. The van der Waals surface area contributed by atoms with E-state index in [0.717, 1.165) is 22.7 Å². The van der Waals surface area contributed by atoms with Gasteiger partial charge >= 0.3 is 0 Å². The molecular weight excluding hydrogens is 637 g/mol. The maximum Gasteiger partial charge on any atom is 0.0541 e. The van der Waals surface area contributed by atoms with Crippen molar-refractivity contribution in [2.24, 2.45) is 0 Å². The van der Waals surface area contributed by atoms with Crippen LogP contribution in [-0.4, -0.2) is 4.57 Å². The maximum atomic E-state index is 2.37. The summed E-state index contributed by atoms with van der Waals surface area (Å²) in [5.74, 6) is 0. The van der Waals surface area contributed by atoms with Gasteiger partial charge in [-0.25, -0.2) is 0 Å². The second kappa shape index (κ2) is 12.2. The van der Waals surface area contributed by atoms with E-state index in [4.69, 9.17) is 0 Å². The van der Waals surface area contributed by atoms with Crippen LogP contribution in [0, 0.1) is 0 Å². The molecule has 2 nitrogen and oxygen atoms in total. The van der Waals surface area contributed by atoms with E-state index in [1.807, 2.05) is 11.3 Å². The number of nitrogens with zero attached hydrogens (tertiary/aromatic N) is 2. The minimum absolute atomic E-state index is 1.12. The molecule has 3 heteroatoms. The second-order valence-corrected chi connectivity index (χ2v) is 14.1. The van der Waals surface area contributed by atoms with Crippen LogP contribution in [0.15, 0.2) is 194 Å². The summed E-state index contributed by atoms with van der Waals surface area (Å²) in [6.45, 7) is 0. The Morgan fingerprint density at radius 2 is 0.784 bits per heavy atom. The van der Waals surface area contributed by atoms with Crippen LogP contribution in [0.5, 0.6) is 0 Å². The molecule has 0 aliphatic rings. The highest BCUT2D eigenvalue weighted by molar-refractivity contribution is 7.25. The first-order valence-electron chi connectivity index (χ1n) is 17.3. The van der Waals surface area contributed by atoms with Gasteiger partial charge in [-0.1, -0.05) is 121 Å². The van der Waals surface area contributed by atoms with Crippen molar-refractivity contribution < 1.29 is 0 Å². The summed E-state index contributed by atoms with van der Waals surface area (Å²) in [6, 6.07) is 70.3. The standard InChI is InChI=1S/C48H32N2S/c1-2-10-33(11-3-1)34-18-24-37(25-19-34)49(40-30-31-48-44(32-40)43-14-6-9-17-47(43)51-48)38-26-20-35(21-27-38)36-22-28-39(29-23-36)50-45-15-7-4-12-41(45)42-13-5-8-16-46(42)50/h1-32H. The van der Waals surface area contributed by atoms with Crippen molar-refractivity contribution in [1.82, 2.24) is 4.57 Å². The van der Waals surface area contributed by atoms with Crippen LogP contribution in [0.3, 0.4) is 0 Å². The van der Waals surface area contributed by atoms with E-state index in [0.29, 0.717) is 0 Å². The lowest BCUT2D eigenvalue weighted by Crippen LogP contribution is -2.09. The molecule has 8 aromatic carbocycles. The lowest BCUT2D eigenvalue weighted by atomic mass is 10.0. The first-order valence-corrected chi connectivity index (χ1v) is 18.2. The van der Waals surface area contributed by atoms with Crippen LogP contribution in [-0.2, 0) is 0 Å². The smallest absolute Gasteiger partial charge is 0.0541 e. The third-order valence-corrected chi connectivity index (χ3v) is 11.2. The summed E-state index contributed by atoms with van der Waals surface area (Å²) in [5, 5.41) is 5.15. The van der Waals surface area contributed by atoms with Crippen molar-refractivity contribution in [3.8, 4) is 27.9 Å². The van der Waals surface area contributed by atoms with Gasteiger partial charge in [-0.2, -0.15) is 0 Å². The molecule has 0 N–H and O–H groups in total. The molecule has 0 saturated carbocycles. The Kier molecular flexibility index (Phi) is 7.04. The Morgan fingerprint density at radius 1 is 0.333 bits per heavy atom. The molecule has 2 heterocycles. The van der Waals surface area contributed by atoms with Crippen LogP contribution in [0.4, 0.5) is 17.1 Å². The molecule has 0 saturated heterocycles. The highest BCUT2D eigenvalue weighted by Crippen LogP contribution is 2.41. The van der Waals surface area contributed by atoms with Gasteiger partial charge < -0.3 is 9.47 Å². The van der Waals surface area contributed by atoms with Gasteiger partial charge in [-0.05, 0) is 95.1 Å². The van der Waals surface area contributed by atoms with Gasteiger partial charge in [0.15, 0.2) is 0 Å². The van der Waals surface area contributed by atoms with E-state index in [9.17, 15) is 0 Å². The van der Waals surface area contributed by atoms with E-state index in [1.54, 1.807) is 0 Å². The van der Waals surface area contributed by atoms with E-state index < -0.39 is 0 Å². The predicted octanol–water partition coefficient (Wildman–Crippen LogP) is 14.0. The topological polar surface area (TPSA) is 8.17 Å². The van der Waals surface area contributed by atoms with Gasteiger partial charge in [0.2, 0.25) is 0 Å². The van der Waals surface area contributed by atoms with Crippen molar-refractivity contribution in [3.05, 3.63) is 194 Å². The van der Waals surface area contributed by atoms with Crippen molar-refractivity contribution in [2.75, 3.05) is 4.90 Å². The van der Waals surface area contributed by atoms with Crippen LogP contribution in [0.1, 0.15) is 0 Å². The largest absolute Gasteiger partial charge is 0.310 e. The number of fused-ring (bicyclic) bond motifs is 6. The number of hydrogen-bond donors (Lipinski definition) is 0. The average molecular weight is 669 g/mol. The van der Waals surface area contributed by atoms with Crippen molar-refractivity contribution >= 4 is 70.4 Å². The Labute approximate surface area is 300 Å². The molecule has 0 amide bonds. The van der Waals surface area contributed by atoms with Crippen LogP contribution in [0.2, 0.25) is 0 Å². The van der Waals surface area contributed by atoms with Gasteiger partial charge in [0, 0.05) is 53.7 Å². The van der Waals surface area contributed by atoms with E-state index in [1.165, 1.54) is 64.2 Å². The van der Waals surface area contributed by atoms with Crippen molar-refractivity contribution in [3.63, 3.8) is 0 Å². The molecule has 0 spiro atoms. The number of rotatable bonds is 6. The summed E-state index contributed by atoms with van der Waals surface area (Å²) in [7, 11) is 0. The third-order valence-electron chi connectivity index (χ3n) is 10.0. The number of anilines is 3. The number of para-hydroxylation sites is 2. The average Bonchev–Trinajstić information content (AvgIpc) is 3.75. The number of benzene rings is 8. The summed E-state index contributed by atoms with van der Waals surface area (Å²) in [4.78, 5) is 2.37. The fraction of sp³-hybridized carbons (Fsp3) is 0. The summed E-state index contributed by atoms with van der Waals surface area (Å²) in [6.07, 6.45) is 0. The molecule has 0 fully saturated rings. The zero-order chi connectivity index (χ0) is 33.7. The van der Waals surface area contributed by atoms with Gasteiger partial charge in [-0.15, -0.1) is 11.3 Å². The Hall–Kier alpha value is -6.42. The lowest BCUT2D eigenvalue weighted by molar-refractivity contribution is 1.18. The second-order valence-electron chi connectivity index (χ2n) is 13.0. The Balaban J connectivity index is 1.03. The fourth-order valence-corrected chi connectivity index (χ4v) is 8.63.